The van der Waals surface area contributed by atoms with Crippen LogP contribution in [0.3, 0.4) is 0 Å². The molecule has 0 saturated carbocycles. The number of nitrogens with zero attached hydrogens (tertiary/aromatic N) is 1. The second kappa shape index (κ2) is 2.75. The van der Waals surface area contributed by atoms with Crippen LogP contribution in [0.2, 0.25) is 0 Å². The summed E-state index contributed by atoms with van der Waals surface area (Å²) in [6, 6.07) is 5.71. The molecule has 1 saturated heterocycles. The molecular formula is C9H8FNO3. The van der Waals surface area contributed by atoms with E-state index < -0.39 is 16.9 Å². The lowest BCUT2D eigenvalue weighted by atomic mass is 10.0. The van der Waals surface area contributed by atoms with Gasteiger partial charge in [-0.1, -0.05) is 0 Å². The summed E-state index contributed by atoms with van der Waals surface area (Å²) in [6.07, 6.45) is -1.30. The lowest BCUT2D eigenvalue weighted by molar-refractivity contribution is -0.384. The third-order valence-electron chi connectivity index (χ3n) is 2.38. The highest BCUT2D eigenvalue weighted by molar-refractivity contribution is 5.37. The number of hydrogen-bond acceptors (Lipinski definition) is 3. The molecule has 0 radical (unpaired) electrons. The fourth-order valence-electron chi connectivity index (χ4n) is 1.29. The first-order valence-corrected chi connectivity index (χ1v) is 4.11. The second-order valence-corrected chi connectivity index (χ2v) is 3.34. The Bertz CT molecular complexity index is 378. The second-order valence-electron chi connectivity index (χ2n) is 3.34. The molecule has 0 N–H and O–H groups in total. The molecule has 0 aliphatic carbocycles. The molecule has 0 bridgehead atoms. The van der Waals surface area contributed by atoms with E-state index >= 15 is 0 Å². The van der Waals surface area contributed by atoms with Crippen molar-refractivity contribution < 1.29 is 14.1 Å². The molecule has 0 aromatic heterocycles. The van der Waals surface area contributed by atoms with Crippen LogP contribution in [0.1, 0.15) is 12.5 Å². The minimum atomic E-state index is -1.30. The van der Waals surface area contributed by atoms with Gasteiger partial charge in [-0.2, -0.15) is 0 Å². The Labute approximate surface area is 79.5 Å². The van der Waals surface area contributed by atoms with Gasteiger partial charge in [-0.25, -0.2) is 4.39 Å². The molecule has 2 atom stereocenters. The first kappa shape index (κ1) is 9.08. The molecule has 1 aromatic rings. The van der Waals surface area contributed by atoms with Crippen LogP contribution in [0.15, 0.2) is 24.3 Å². The Balaban J connectivity index is 2.27. The van der Waals surface area contributed by atoms with Crippen molar-refractivity contribution in [3.63, 3.8) is 0 Å². The van der Waals surface area contributed by atoms with Crippen LogP contribution in [-0.4, -0.2) is 11.3 Å². The van der Waals surface area contributed by atoms with Crippen molar-refractivity contribution in [2.75, 3.05) is 0 Å². The number of hydrogen-bond donors (Lipinski definition) is 0. The maximum atomic E-state index is 12.7. The predicted molar refractivity (Wildman–Crippen MR) is 46.4 cm³/mol. The van der Waals surface area contributed by atoms with E-state index in [4.69, 9.17) is 4.74 Å². The summed E-state index contributed by atoms with van der Waals surface area (Å²) in [7, 11) is 0. The number of epoxide rings is 1. The number of alkyl halides is 1. The summed E-state index contributed by atoms with van der Waals surface area (Å²) in [6.45, 7) is 1.61. The summed E-state index contributed by atoms with van der Waals surface area (Å²) in [4.78, 5) is 9.85. The zero-order valence-corrected chi connectivity index (χ0v) is 7.44. The lowest BCUT2D eigenvalue weighted by Crippen LogP contribution is -2.04. The molecule has 5 heteroatoms. The SMILES string of the molecule is CC1(c2ccc([N+](=O)[O-])cc2)OC1F. The lowest BCUT2D eigenvalue weighted by Gasteiger charge is -2.03. The van der Waals surface area contributed by atoms with E-state index in [9.17, 15) is 14.5 Å². The van der Waals surface area contributed by atoms with Crippen molar-refractivity contribution in [2.24, 2.45) is 0 Å². The Morgan fingerprint density at radius 3 is 2.36 bits per heavy atom. The molecule has 2 rings (SSSR count). The van der Waals surface area contributed by atoms with Crippen LogP contribution in [-0.2, 0) is 10.3 Å². The monoisotopic (exact) mass is 197 g/mol. The van der Waals surface area contributed by atoms with E-state index in [1.165, 1.54) is 24.3 Å². The van der Waals surface area contributed by atoms with Crippen LogP contribution >= 0.6 is 0 Å². The van der Waals surface area contributed by atoms with Crippen LogP contribution in [0.4, 0.5) is 10.1 Å². The van der Waals surface area contributed by atoms with Crippen LogP contribution in [0.5, 0.6) is 0 Å². The maximum Gasteiger partial charge on any atom is 0.269 e. The van der Waals surface area contributed by atoms with Crippen molar-refractivity contribution in [1.82, 2.24) is 0 Å². The Hall–Kier alpha value is -1.49. The largest absolute Gasteiger partial charge is 0.329 e. The molecule has 1 aromatic carbocycles. The molecule has 1 aliphatic rings. The molecule has 0 amide bonds. The van der Waals surface area contributed by atoms with Gasteiger partial charge >= 0.3 is 0 Å². The van der Waals surface area contributed by atoms with Gasteiger partial charge < -0.3 is 4.74 Å². The van der Waals surface area contributed by atoms with Crippen molar-refractivity contribution in [2.45, 2.75) is 18.9 Å². The highest BCUT2D eigenvalue weighted by Gasteiger charge is 2.54. The summed E-state index contributed by atoms with van der Waals surface area (Å²) in [5.41, 5.74) is -0.293. The molecule has 2 unspecified atom stereocenters. The molecule has 14 heavy (non-hydrogen) atoms. The number of benzene rings is 1. The molecule has 74 valence electrons. The van der Waals surface area contributed by atoms with Gasteiger partial charge in [0, 0.05) is 12.1 Å². The number of nitro groups is 1. The minimum Gasteiger partial charge on any atom is -0.329 e. The Kier molecular flexibility index (Phi) is 1.78. The first-order chi connectivity index (χ1) is 6.54. The third kappa shape index (κ3) is 1.26. The maximum absolute atomic E-state index is 12.7. The Morgan fingerprint density at radius 1 is 1.50 bits per heavy atom. The predicted octanol–water partition coefficient (Wildman–Crippen LogP) is 2.14. The summed E-state index contributed by atoms with van der Waals surface area (Å²) in [5, 5.41) is 10.3. The molecule has 1 fully saturated rings. The van der Waals surface area contributed by atoms with Gasteiger partial charge in [-0.15, -0.1) is 0 Å². The topological polar surface area (TPSA) is 55.7 Å². The van der Waals surface area contributed by atoms with E-state index in [1.54, 1.807) is 6.92 Å². The highest BCUT2D eigenvalue weighted by Crippen LogP contribution is 2.46. The molecule has 0 spiro atoms. The number of halogens is 1. The average molecular weight is 197 g/mol. The molecule has 4 nitrogen and oxygen atoms in total. The third-order valence-corrected chi connectivity index (χ3v) is 2.38. The van der Waals surface area contributed by atoms with Gasteiger partial charge in [0.2, 0.25) is 6.36 Å². The fourth-order valence-corrected chi connectivity index (χ4v) is 1.29. The number of rotatable bonds is 2. The summed E-state index contributed by atoms with van der Waals surface area (Å²) < 4.78 is 17.5. The standard InChI is InChI=1S/C9H8FNO3/c1-9(8(10)14-9)6-2-4-7(5-3-6)11(12)13/h2-5,8H,1H3. The van der Waals surface area contributed by atoms with Crippen molar-refractivity contribution in [3.8, 4) is 0 Å². The summed E-state index contributed by atoms with van der Waals surface area (Å²) >= 11 is 0. The van der Waals surface area contributed by atoms with Gasteiger partial charge in [-0.3, -0.25) is 10.1 Å². The van der Waals surface area contributed by atoms with Gasteiger partial charge in [0.1, 0.15) is 5.60 Å². The molecule has 1 heterocycles. The highest BCUT2D eigenvalue weighted by atomic mass is 19.2. The van der Waals surface area contributed by atoms with E-state index in [-0.39, 0.29) is 5.69 Å². The number of non-ortho nitro benzene ring substituents is 1. The van der Waals surface area contributed by atoms with Crippen molar-refractivity contribution in [3.05, 3.63) is 39.9 Å². The van der Waals surface area contributed by atoms with Crippen molar-refractivity contribution in [1.29, 1.82) is 0 Å². The summed E-state index contributed by atoms with van der Waals surface area (Å²) in [5.74, 6) is 0. The normalized spacial score (nSPS) is 30.0. The number of ether oxygens (including phenoxy) is 1. The van der Waals surface area contributed by atoms with Crippen molar-refractivity contribution >= 4 is 5.69 Å². The van der Waals surface area contributed by atoms with E-state index in [1.807, 2.05) is 0 Å². The number of nitro benzene ring substituents is 1. The fraction of sp³-hybridized carbons (Fsp3) is 0.333. The smallest absolute Gasteiger partial charge is 0.269 e. The Morgan fingerprint density at radius 2 is 2.00 bits per heavy atom. The molecular weight excluding hydrogens is 189 g/mol. The van der Waals surface area contributed by atoms with E-state index in [0.29, 0.717) is 5.56 Å². The quantitative estimate of drug-likeness (QED) is 0.414. The van der Waals surface area contributed by atoms with Crippen LogP contribution < -0.4 is 0 Å². The average Bonchev–Trinajstić information content (AvgIpc) is 2.76. The van der Waals surface area contributed by atoms with Crippen LogP contribution in [0, 0.1) is 10.1 Å². The van der Waals surface area contributed by atoms with Gasteiger partial charge in [-0.05, 0) is 24.6 Å². The van der Waals surface area contributed by atoms with Crippen LogP contribution in [0.25, 0.3) is 0 Å². The minimum absolute atomic E-state index is 0.00610. The first-order valence-electron chi connectivity index (χ1n) is 4.11. The van der Waals surface area contributed by atoms with E-state index in [0.717, 1.165) is 0 Å². The molecule has 1 aliphatic heterocycles. The van der Waals surface area contributed by atoms with Gasteiger partial charge in [0.05, 0.1) is 4.92 Å². The van der Waals surface area contributed by atoms with Gasteiger partial charge in [0.25, 0.3) is 5.69 Å². The van der Waals surface area contributed by atoms with Gasteiger partial charge in [0.15, 0.2) is 0 Å². The van der Waals surface area contributed by atoms with E-state index in [2.05, 4.69) is 0 Å². The zero-order chi connectivity index (χ0) is 10.3. The zero-order valence-electron chi connectivity index (χ0n) is 7.44.